The summed E-state index contributed by atoms with van der Waals surface area (Å²) in [7, 11) is 0. The first-order valence-electron chi connectivity index (χ1n) is 4.12. The van der Waals surface area contributed by atoms with Gasteiger partial charge in [0.25, 0.3) is 0 Å². The molecule has 0 heterocycles. The Morgan fingerprint density at radius 1 is 1.64 bits per heavy atom. The molecule has 4 nitrogen and oxygen atoms in total. The zero-order valence-corrected chi connectivity index (χ0v) is 8.43. The minimum absolute atomic E-state index is 0.0943. The van der Waals surface area contributed by atoms with E-state index in [0.717, 1.165) is 0 Å². The molecule has 0 aliphatic carbocycles. The molecule has 0 saturated heterocycles. The van der Waals surface area contributed by atoms with Crippen molar-refractivity contribution in [2.24, 2.45) is 0 Å². The number of nitrogen functional groups attached to an aromatic ring is 1. The Labute approximate surface area is 86.7 Å². The average Bonchev–Trinajstić information content (AvgIpc) is 2.09. The fourth-order valence-corrected chi connectivity index (χ4v) is 1.45. The van der Waals surface area contributed by atoms with E-state index in [9.17, 15) is 4.79 Å². The van der Waals surface area contributed by atoms with Crippen LogP contribution in [0, 0.1) is 0 Å². The number of aromatic carboxylic acids is 1. The smallest absolute Gasteiger partial charge is 0.337 e. The Kier molecular flexibility index (Phi) is 3.19. The van der Waals surface area contributed by atoms with Crippen molar-refractivity contribution in [1.82, 2.24) is 0 Å². The van der Waals surface area contributed by atoms with Gasteiger partial charge in [0.05, 0.1) is 16.3 Å². The highest BCUT2D eigenvalue weighted by atomic mass is 35.5. The number of carboxylic acids is 1. The Bertz CT molecular complexity index is 366. The predicted molar refractivity (Wildman–Crippen MR) is 57.0 cm³/mol. The van der Waals surface area contributed by atoms with Crippen LogP contribution in [0.2, 0.25) is 5.02 Å². The second-order valence-electron chi connectivity index (χ2n) is 2.76. The molecular weight excluding hydrogens is 204 g/mol. The summed E-state index contributed by atoms with van der Waals surface area (Å²) in [5, 5.41) is 12.1. The van der Waals surface area contributed by atoms with E-state index in [-0.39, 0.29) is 5.56 Å². The molecule has 0 saturated carbocycles. The Hall–Kier alpha value is -1.42. The molecule has 1 aromatic carbocycles. The monoisotopic (exact) mass is 214 g/mol. The van der Waals surface area contributed by atoms with Gasteiger partial charge in [-0.1, -0.05) is 11.6 Å². The zero-order chi connectivity index (χ0) is 10.7. The Balaban J connectivity index is 3.28. The Morgan fingerprint density at radius 3 is 2.79 bits per heavy atom. The van der Waals surface area contributed by atoms with Gasteiger partial charge in [0.15, 0.2) is 0 Å². The first-order valence-corrected chi connectivity index (χ1v) is 4.50. The maximum Gasteiger partial charge on any atom is 0.337 e. The van der Waals surface area contributed by atoms with E-state index < -0.39 is 5.97 Å². The number of carbonyl (C=O) groups is 1. The fourth-order valence-electron chi connectivity index (χ4n) is 1.15. The van der Waals surface area contributed by atoms with Crippen molar-refractivity contribution in [3.63, 3.8) is 0 Å². The minimum Gasteiger partial charge on any atom is -0.478 e. The molecule has 5 heteroatoms. The van der Waals surface area contributed by atoms with E-state index in [1.165, 1.54) is 12.1 Å². The highest BCUT2D eigenvalue weighted by molar-refractivity contribution is 6.34. The summed E-state index contributed by atoms with van der Waals surface area (Å²) in [6.45, 7) is 2.46. The number of halogens is 1. The van der Waals surface area contributed by atoms with Gasteiger partial charge in [-0.25, -0.2) is 4.79 Å². The lowest BCUT2D eigenvalue weighted by molar-refractivity contribution is 0.0698. The maximum atomic E-state index is 10.8. The van der Waals surface area contributed by atoms with Crippen LogP contribution in [0.1, 0.15) is 17.3 Å². The lowest BCUT2D eigenvalue weighted by Crippen LogP contribution is -2.07. The van der Waals surface area contributed by atoms with Crippen molar-refractivity contribution >= 4 is 28.9 Å². The van der Waals surface area contributed by atoms with Gasteiger partial charge in [0, 0.05) is 12.2 Å². The summed E-state index contributed by atoms with van der Waals surface area (Å²) in [6, 6.07) is 2.90. The second kappa shape index (κ2) is 4.19. The molecule has 0 amide bonds. The van der Waals surface area contributed by atoms with E-state index in [4.69, 9.17) is 22.4 Å². The van der Waals surface area contributed by atoms with Crippen LogP contribution in [-0.2, 0) is 0 Å². The van der Waals surface area contributed by atoms with Gasteiger partial charge in [0.2, 0.25) is 0 Å². The Morgan fingerprint density at radius 2 is 2.29 bits per heavy atom. The van der Waals surface area contributed by atoms with Crippen LogP contribution < -0.4 is 11.1 Å². The largest absolute Gasteiger partial charge is 0.478 e. The number of hydrogen-bond acceptors (Lipinski definition) is 3. The number of anilines is 2. The second-order valence-corrected chi connectivity index (χ2v) is 3.17. The average molecular weight is 215 g/mol. The number of rotatable bonds is 3. The molecule has 0 fully saturated rings. The van der Waals surface area contributed by atoms with Gasteiger partial charge in [-0.05, 0) is 19.1 Å². The molecule has 0 aliphatic heterocycles. The van der Waals surface area contributed by atoms with E-state index >= 15 is 0 Å². The lowest BCUT2D eigenvalue weighted by Gasteiger charge is -2.10. The summed E-state index contributed by atoms with van der Waals surface area (Å²) in [5.41, 5.74) is 6.34. The van der Waals surface area contributed by atoms with Gasteiger partial charge in [-0.3, -0.25) is 0 Å². The van der Waals surface area contributed by atoms with Crippen molar-refractivity contribution in [3.8, 4) is 0 Å². The fraction of sp³-hybridized carbons (Fsp3) is 0.222. The van der Waals surface area contributed by atoms with Gasteiger partial charge in [-0.2, -0.15) is 0 Å². The standard InChI is InChI=1S/C9H11ClN2O2/c1-2-12-8-6(9(13)14)3-5(11)4-7(8)10/h3-4,12H,2,11H2,1H3,(H,13,14). The number of carboxylic acid groups (broad SMARTS) is 1. The molecule has 4 N–H and O–H groups in total. The summed E-state index contributed by atoms with van der Waals surface area (Å²) in [4.78, 5) is 10.8. The van der Waals surface area contributed by atoms with Crippen molar-refractivity contribution in [3.05, 3.63) is 22.7 Å². The summed E-state index contributed by atoms with van der Waals surface area (Å²) in [6.07, 6.45) is 0. The molecule has 0 bridgehead atoms. The van der Waals surface area contributed by atoms with E-state index in [1.54, 1.807) is 0 Å². The molecule has 0 radical (unpaired) electrons. The van der Waals surface area contributed by atoms with Crippen molar-refractivity contribution in [2.75, 3.05) is 17.6 Å². The van der Waals surface area contributed by atoms with Crippen molar-refractivity contribution in [1.29, 1.82) is 0 Å². The van der Waals surface area contributed by atoms with Gasteiger partial charge < -0.3 is 16.2 Å². The van der Waals surface area contributed by atoms with Crippen LogP contribution >= 0.6 is 11.6 Å². The number of benzene rings is 1. The maximum absolute atomic E-state index is 10.8. The number of nitrogens with one attached hydrogen (secondary N) is 1. The normalized spacial score (nSPS) is 9.86. The van der Waals surface area contributed by atoms with Gasteiger partial charge in [0.1, 0.15) is 0 Å². The van der Waals surface area contributed by atoms with E-state index in [1.807, 2.05) is 6.92 Å². The first-order chi connectivity index (χ1) is 6.56. The van der Waals surface area contributed by atoms with Gasteiger partial charge >= 0.3 is 5.97 Å². The molecule has 1 aromatic rings. The van der Waals surface area contributed by atoms with Crippen LogP contribution in [-0.4, -0.2) is 17.6 Å². The topological polar surface area (TPSA) is 75.3 Å². The predicted octanol–water partition coefficient (Wildman–Crippen LogP) is 2.05. The van der Waals surface area contributed by atoms with Crippen molar-refractivity contribution < 1.29 is 9.90 Å². The van der Waals surface area contributed by atoms with Crippen LogP contribution in [0.4, 0.5) is 11.4 Å². The third-order valence-corrected chi connectivity index (χ3v) is 1.99. The molecule has 0 unspecified atom stereocenters. The SMILES string of the molecule is CCNc1c(Cl)cc(N)cc1C(=O)O. The third-order valence-electron chi connectivity index (χ3n) is 1.70. The van der Waals surface area contributed by atoms with Crippen LogP contribution in [0.5, 0.6) is 0 Å². The summed E-state index contributed by atoms with van der Waals surface area (Å²) in [5.74, 6) is -1.05. The molecule has 76 valence electrons. The molecular formula is C9H11ClN2O2. The summed E-state index contributed by atoms with van der Waals surface area (Å²) < 4.78 is 0. The molecule has 0 aliphatic rings. The van der Waals surface area contributed by atoms with Crippen molar-refractivity contribution in [2.45, 2.75) is 6.92 Å². The third kappa shape index (κ3) is 2.09. The lowest BCUT2D eigenvalue weighted by atomic mass is 10.1. The zero-order valence-electron chi connectivity index (χ0n) is 7.67. The van der Waals surface area contributed by atoms with Crippen LogP contribution in [0.3, 0.4) is 0 Å². The summed E-state index contributed by atoms with van der Waals surface area (Å²) >= 11 is 5.85. The highest BCUT2D eigenvalue weighted by Crippen LogP contribution is 2.28. The minimum atomic E-state index is -1.05. The first kappa shape index (κ1) is 10.7. The quantitative estimate of drug-likeness (QED) is 0.674. The van der Waals surface area contributed by atoms with E-state index in [2.05, 4.69) is 5.32 Å². The van der Waals surface area contributed by atoms with Gasteiger partial charge in [-0.15, -0.1) is 0 Å². The molecule has 1 rings (SSSR count). The molecule has 0 spiro atoms. The molecule has 14 heavy (non-hydrogen) atoms. The molecule has 0 aromatic heterocycles. The number of nitrogens with two attached hydrogens (primary N) is 1. The highest BCUT2D eigenvalue weighted by Gasteiger charge is 2.13. The van der Waals surface area contributed by atoms with Crippen LogP contribution in [0.25, 0.3) is 0 Å². The van der Waals surface area contributed by atoms with Crippen LogP contribution in [0.15, 0.2) is 12.1 Å². The van der Waals surface area contributed by atoms with E-state index in [0.29, 0.717) is 22.9 Å². The number of hydrogen-bond donors (Lipinski definition) is 3. The molecule has 0 atom stereocenters.